The van der Waals surface area contributed by atoms with Crippen molar-refractivity contribution in [1.82, 2.24) is 19.5 Å². The maximum atomic E-state index is 10.6. The Labute approximate surface area is 205 Å². The fourth-order valence-corrected chi connectivity index (χ4v) is 5.31. The second-order valence-corrected chi connectivity index (χ2v) is 9.67. The molecule has 3 N–H and O–H groups in total. The third-order valence-corrected chi connectivity index (χ3v) is 7.07. The quantitative estimate of drug-likeness (QED) is 0.282. The zero-order valence-electron chi connectivity index (χ0n) is 18.1. The Bertz CT molecular complexity index is 1070. The number of ether oxygens (including phenoxy) is 2. The fourth-order valence-electron chi connectivity index (χ4n) is 4.69. The summed E-state index contributed by atoms with van der Waals surface area (Å²) in [6, 6.07) is 10.3. The second kappa shape index (κ2) is 10.2. The van der Waals surface area contributed by atoms with Gasteiger partial charge in [0.1, 0.15) is 18.5 Å². The molecular formula is C23H28IN5O4. The van der Waals surface area contributed by atoms with Gasteiger partial charge in [0.05, 0.1) is 31.2 Å². The van der Waals surface area contributed by atoms with E-state index in [0.717, 1.165) is 29.3 Å². The number of benzene rings is 1. The van der Waals surface area contributed by atoms with Crippen molar-refractivity contribution in [1.29, 1.82) is 0 Å². The molecule has 176 valence electrons. The number of fused-ring (bicyclic) bond motifs is 1. The van der Waals surface area contributed by atoms with E-state index in [1.54, 1.807) is 10.9 Å². The monoisotopic (exact) mass is 565 g/mol. The molecule has 0 radical (unpaired) electrons. The van der Waals surface area contributed by atoms with Gasteiger partial charge in [0.15, 0.2) is 23.2 Å². The largest absolute Gasteiger partial charge is 0.388 e. The van der Waals surface area contributed by atoms with Crippen molar-refractivity contribution in [3.05, 3.63) is 48.5 Å². The predicted octanol–water partition coefficient (Wildman–Crippen LogP) is 2.82. The summed E-state index contributed by atoms with van der Waals surface area (Å²) < 4.78 is 14.7. The lowest BCUT2D eigenvalue weighted by Crippen LogP contribution is -2.31. The van der Waals surface area contributed by atoms with Crippen LogP contribution < -0.4 is 5.32 Å². The number of aromatic nitrogens is 4. The third kappa shape index (κ3) is 4.72. The molecule has 2 aliphatic rings. The highest BCUT2D eigenvalue weighted by Crippen LogP contribution is 2.34. The average Bonchev–Trinajstić information content (AvgIpc) is 3.53. The maximum Gasteiger partial charge on any atom is 0.167 e. The molecule has 0 spiro atoms. The van der Waals surface area contributed by atoms with Crippen molar-refractivity contribution in [3.63, 3.8) is 0 Å². The summed E-state index contributed by atoms with van der Waals surface area (Å²) in [4.78, 5) is 13.3. The summed E-state index contributed by atoms with van der Waals surface area (Å²) in [5.74, 6) is 0.635. The van der Waals surface area contributed by atoms with Crippen LogP contribution in [0.2, 0.25) is 0 Å². The molecule has 1 aliphatic heterocycles. The van der Waals surface area contributed by atoms with Gasteiger partial charge < -0.3 is 25.0 Å². The van der Waals surface area contributed by atoms with Crippen molar-refractivity contribution in [2.75, 3.05) is 9.74 Å². The number of hydrogen-bond acceptors (Lipinski definition) is 8. The fraction of sp³-hybridized carbons (Fsp3) is 0.522. The van der Waals surface area contributed by atoms with Crippen LogP contribution in [0.3, 0.4) is 0 Å². The van der Waals surface area contributed by atoms with Crippen LogP contribution in [0.25, 0.3) is 11.2 Å². The second-order valence-electron chi connectivity index (χ2n) is 8.59. The standard InChI is InChI=1S/C23H28IN5O4/c24-10-9-17-19(30)20(31)23(33-17)29-13-27-18-21(25-12-26-22(18)29)28-15-7-4-8-16(15)32-11-14-5-2-1-3-6-14/h1-3,5-6,12-13,15-17,19-20,23,30-31H,4,7-11H2,(H,25,26,28)/t15?,16?,17-,19-,20-,23-/m1/s1. The number of nitrogens with one attached hydrogen (secondary N) is 1. The van der Waals surface area contributed by atoms with Gasteiger partial charge in [-0.05, 0) is 31.2 Å². The van der Waals surface area contributed by atoms with E-state index < -0.39 is 24.5 Å². The van der Waals surface area contributed by atoms with Gasteiger partial charge in [-0.3, -0.25) is 4.57 Å². The van der Waals surface area contributed by atoms with Crippen molar-refractivity contribution in [2.45, 2.75) is 69.0 Å². The van der Waals surface area contributed by atoms with Gasteiger partial charge in [-0.15, -0.1) is 0 Å². The van der Waals surface area contributed by atoms with Crippen LogP contribution in [0, 0.1) is 0 Å². The summed E-state index contributed by atoms with van der Waals surface area (Å²) in [5.41, 5.74) is 2.32. The lowest BCUT2D eigenvalue weighted by molar-refractivity contribution is -0.0350. The zero-order valence-corrected chi connectivity index (χ0v) is 20.3. The van der Waals surface area contributed by atoms with Crippen LogP contribution in [0.15, 0.2) is 43.0 Å². The van der Waals surface area contributed by atoms with Crippen LogP contribution in [0.1, 0.15) is 37.5 Å². The minimum Gasteiger partial charge on any atom is -0.388 e. The average molecular weight is 565 g/mol. The Morgan fingerprint density at radius 1 is 1.12 bits per heavy atom. The highest BCUT2D eigenvalue weighted by molar-refractivity contribution is 14.1. The summed E-state index contributed by atoms with van der Waals surface area (Å²) in [5, 5.41) is 24.5. The molecule has 9 nitrogen and oxygen atoms in total. The molecule has 10 heteroatoms. The van der Waals surface area contributed by atoms with Crippen LogP contribution in [0.4, 0.5) is 5.82 Å². The summed E-state index contributed by atoms with van der Waals surface area (Å²) in [6.07, 6.45) is 3.73. The Morgan fingerprint density at radius 2 is 1.97 bits per heavy atom. The number of hydrogen-bond donors (Lipinski definition) is 3. The molecule has 2 fully saturated rings. The topological polar surface area (TPSA) is 115 Å². The molecule has 6 atom stereocenters. The molecule has 0 amide bonds. The molecule has 3 heterocycles. The number of aliphatic hydroxyl groups is 2. The van der Waals surface area contributed by atoms with E-state index in [1.165, 1.54) is 6.33 Å². The molecule has 2 aromatic heterocycles. The molecule has 1 aromatic carbocycles. The van der Waals surface area contributed by atoms with Crippen molar-refractivity contribution in [2.24, 2.45) is 0 Å². The van der Waals surface area contributed by atoms with E-state index in [9.17, 15) is 10.2 Å². The van der Waals surface area contributed by atoms with E-state index >= 15 is 0 Å². The highest BCUT2D eigenvalue weighted by Gasteiger charge is 2.44. The normalized spacial score (nSPS) is 29.7. The van der Waals surface area contributed by atoms with E-state index in [1.807, 2.05) is 18.2 Å². The number of imidazole rings is 1. The van der Waals surface area contributed by atoms with Gasteiger partial charge in [-0.1, -0.05) is 52.9 Å². The van der Waals surface area contributed by atoms with E-state index in [0.29, 0.717) is 30.0 Å². The molecule has 1 saturated heterocycles. The van der Waals surface area contributed by atoms with Crippen molar-refractivity contribution in [3.8, 4) is 0 Å². The van der Waals surface area contributed by atoms with Gasteiger partial charge in [-0.2, -0.15) is 0 Å². The summed E-state index contributed by atoms with van der Waals surface area (Å²) >= 11 is 2.24. The van der Waals surface area contributed by atoms with Crippen LogP contribution in [0.5, 0.6) is 0 Å². The minimum atomic E-state index is -1.05. The maximum absolute atomic E-state index is 10.6. The SMILES string of the molecule is O[C@@H]1[C@H](O)[C@@H](CCI)O[C@H]1n1cnc2c(NC3CCCC3OCc3ccccc3)ncnc21. The molecule has 1 saturated carbocycles. The first-order valence-corrected chi connectivity index (χ1v) is 12.9. The van der Waals surface area contributed by atoms with Gasteiger partial charge in [-0.25, -0.2) is 15.0 Å². The first kappa shape index (κ1) is 22.9. The lowest BCUT2D eigenvalue weighted by atomic mass is 10.1. The smallest absolute Gasteiger partial charge is 0.167 e. The molecule has 1 aliphatic carbocycles. The number of aliphatic hydroxyl groups excluding tert-OH is 2. The molecule has 0 bridgehead atoms. The van der Waals surface area contributed by atoms with Crippen LogP contribution in [-0.4, -0.2) is 64.6 Å². The van der Waals surface area contributed by atoms with Crippen LogP contribution in [-0.2, 0) is 16.1 Å². The van der Waals surface area contributed by atoms with Crippen LogP contribution >= 0.6 is 22.6 Å². The number of nitrogens with zero attached hydrogens (tertiary/aromatic N) is 4. The molecule has 3 aromatic rings. The molecule has 2 unspecified atom stereocenters. The number of rotatable bonds is 8. The van der Waals surface area contributed by atoms with E-state index in [2.05, 4.69) is 55.0 Å². The first-order valence-electron chi connectivity index (χ1n) is 11.3. The summed E-state index contributed by atoms with van der Waals surface area (Å²) in [6.45, 7) is 0.578. The number of halogens is 1. The first-order chi connectivity index (χ1) is 16.2. The molecule has 5 rings (SSSR count). The van der Waals surface area contributed by atoms with E-state index in [-0.39, 0.29) is 12.1 Å². The van der Waals surface area contributed by atoms with E-state index in [4.69, 9.17) is 9.47 Å². The Balaban J connectivity index is 1.32. The zero-order chi connectivity index (χ0) is 22.8. The Kier molecular flexibility index (Phi) is 7.07. The number of anilines is 1. The highest BCUT2D eigenvalue weighted by atomic mass is 127. The predicted molar refractivity (Wildman–Crippen MR) is 131 cm³/mol. The van der Waals surface area contributed by atoms with Gasteiger partial charge >= 0.3 is 0 Å². The lowest BCUT2D eigenvalue weighted by Gasteiger charge is -2.22. The van der Waals surface area contributed by atoms with Crippen molar-refractivity contribution < 1.29 is 19.7 Å². The van der Waals surface area contributed by atoms with Crippen molar-refractivity contribution >= 4 is 39.6 Å². The minimum absolute atomic E-state index is 0.0847. The third-order valence-electron chi connectivity index (χ3n) is 6.45. The Hall–Kier alpha value is -1.86. The summed E-state index contributed by atoms with van der Waals surface area (Å²) in [7, 11) is 0. The molecular weight excluding hydrogens is 537 g/mol. The van der Waals surface area contributed by atoms with Gasteiger partial charge in [0.25, 0.3) is 0 Å². The Morgan fingerprint density at radius 3 is 2.79 bits per heavy atom. The van der Waals surface area contributed by atoms with Gasteiger partial charge in [0, 0.05) is 4.43 Å². The molecule has 33 heavy (non-hydrogen) atoms. The number of alkyl halides is 1. The van der Waals surface area contributed by atoms with Gasteiger partial charge in [0.2, 0.25) is 0 Å².